The Balaban J connectivity index is 1.78. The fourth-order valence-corrected chi connectivity index (χ4v) is 4.40. The van der Waals surface area contributed by atoms with E-state index < -0.39 is 6.29 Å². The predicted molar refractivity (Wildman–Crippen MR) is 111 cm³/mol. The zero-order valence-corrected chi connectivity index (χ0v) is 16.5. The number of rotatable bonds is 4. The smallest absolute Gasteiger partial charge is 0.186 e. The molecule has 0 atom stereocenters. The molecule has 2 aromatic carbocycles. The van der Waals surface area contributed by atoms with Gasteiger partial charge in [-0.15, -0.1) is 11.3 Å². The quantitative estimate of drug-likeness (QED) is 0.447. The van der Waals surface area contributed by atoms with Gasteiger partial charge in [0.05, 0.1) is 24.4 Å². The number of pyridine rings is 1. The Kier molecular flexibility index (Phi) is 5.06. The van der Waals surface area contributed by atoms with E-state index in [1.54, 1.807) is 17.6 Å². The van der Waals surface area contributed by atoms with Crippen LogP contribution in [0.5, 0.6) is 0 Å². The third-order valence-corrected chi connectivity index (χ3v) is 5.74. The minimum Gasteiger partial charge on any atom is -0.348 e. The lowest BCUT2D eigenvalue weighted by molar-refractivity contribution is -0.183. The number of fused-ring (bicyclic) bond motifs is 1. The highest BCUT2D eigenvalue weighted by atomic mass is 32.1. The molecule has 6 heteroatoms. The van der Waals surface area contributed by atoms with Crippen LogP contribution >= 0.6 is 11.3 Å². The number of halogens is 1. The number of aromatic nitrogens is 2. The molecule has 2 aromatic heterocycles. The van der Waals surface area contributed by atoms with E-state index in [1.807, 2.05) is 24.3 Å². The Hall–Kier alpha value is -2.67. The van der Waals surface area contributed by atoms with Crippen molar-refractivity contribution in [1.29, 1.82) is 0 Å². The molecular formula is C23H19FN2O2S. The van der Waals surface area contributed by atoms with Crippen LogP contribution in [0.1, 0.15) is 29.5 Å². The highest BCUT2D eigenvalue weighted by Crippen LogP contribution is 2.41. The van der Waals surface area contributed by atoms with Crippen LogP contribution in [0.2, 0.25) is 0 Å². The monoisotopic (exact) mass is 406 g/mol. The van der Waals surface area contributed by atoms with Gasteiger partial charge in [0.2, 0.25) is 0 Å². The zero-order chi connectivity index (χ0) is 19.6. The molecule has 0 bridgehead atoms. The third-order valence-electron chi connectivity index (χ3n) is 5.02. The Morgan fingerprint density at radius 2 is 1.76 bits per heavy atom. The van der Waals surface area contributed by atoms with Crippen LogP contribution in [0.4, 0.5) is 4.39 Å². The maximum Gasteiger partial charge on any atom is 0.186 e. The fourth-order valence-electron chi connectivity index (χ4n) is 3.71. The summed E-state index contributed by atoms with van der Waals surface area (Å²) in [6.45, 7) is 1.20. The largest absolute Gasteiger partial charge is 0.348 e. The van der Waals surface area contributed by atoms with E-state index in [4.69, 9.17) is 14.5 Å². The molecule has 0 amide bonds. The Labute approximate surface area is 172 Å². The van der Waals surface area contributed by atoms with Crippen LogP contribution in [-0.4, -0.2) is 23.2 Å². The number of ether oxygens (including phenoxy) is 2. The van der Waals surface area contributed by atoms with Crippen LogP contribution in [0.15, 0.2) is 60.1 Å². The average molecular weight is 406 g/mol. The van der Waals surface area contributed by atoms with Crippen LogP contribution in [0.3, 0.4) is 0 Å². The molecule has 29 heavy (non-hydrogen) atoms. The van der Waals surface area contributed by atoms with Crippen LogP contribution in [0, 0.1) is 5.82 Å². The number of nitrogens with zero attached hydrogens (tertiary/aromatic N) is 2. The van der Waals surface area contributed by atoms with E-state index in [9.17, 15) is 4.39 Å². The van der Waals surface area contributed by atoms with Gasteiger partial charge in [-0.2, -0.15) is 0 Å². The summed E-state index contributed by atoms with van der Waals surface area (Å²) in [6, 6.07) is 16.9. The number of hydrogen-bond donors (Lipinski definition) is 0. The van der Waals surface area contributed by atoms with Gasteiger partial charge < -0.3 is 9.47 Å². The van der Waals surface area contributed by atoms with E-state index in [-0.39, 0.29) is 5.82 Å². The van der Waals surface area contributed by atoms with E-state index in [0.29, 0.717) is 36.3 Å². The first kappa shape index (κ1) is 18.4. The predicted octanol–water partition coefficient (Wildman–Crippen LogP) is 5.52. The van der Waals surface area contributed by atoms with Crippen molar-refractivity contribution in [3.05, 3.63) is 82.7 Å². The first-order valence-corrected chi connectivity index (χ1v) is 10.5. The molecule has 0 aliphatic carbocycles. The van der Waals surface area contributed by atoms with Crippen molar-refractivity contribution in [2.24, 2.45) is 0 Å². The summed E-state index contributed by atoms with van der Waals surface area (Å²) in [5.74, 6) is -0.296. The van der Waals surface area contributed by atoms with Gasteiger partial charge in [-0.3, -0.25) is 0 Å². The van der Waals surface area contributed by atoms with Gasteiger partial charge in [-0.1, -0.05) is 48.5 Å². The lowest BCUT2D eigenvalue weighted by Crippen LogP contribution is -2.21. The van der Waals surface area contributed by atoms with Crippen molar-refractivity contribution >= 4 is 21.7 Å². The molecule has 0 radical (unpaired) electrons. The zero-order valence-electron chi connectivity index (χ0n) is 15.7. The normalized spacial score (nSPS) is 15.1. The van der Waals surface area contributed by atoms with Crippen molar-refractivity contribution in [1.82, 2.24) is 9.97 Å². The van der Waals surface area contributed by atoms with Gasteiger partial charge in [0.25, 0.3) is 0 Å². The second kappa shape index (κ2) is 7.99. The molecule has 0 saturated carbocycles. The van der Waals surface area contributed by atoms with E-state index in [1.165, 1.54) is 17.4 Å². The van der Waals surface area contributed by atoms with Gasteiger partial charge in [-0.25, -0.2) is 14.4 Å². The fraction of sp³-hybridized carbons (Fsp3) is 0.217. The van der Waals surface area contributed by atoms with Crippen LogP contribution in [-0.2, 0) is 15.9 Å². The second-order valence-electron chi connectivity index (χ2n) is 6.92. The highest BCUT2D eigenvalue weighted by molar-refractivity contribution is 7.16. The molecule has 0 unspecified atom stereocenters. The number of thiazole rings is 1. The summed E-state index contributed by atoms with van der Waals surface area (Å²) < 4.78 is 26.8. The molecule has 1 aliphatic heterocycles. The summed E-state index contributed by atoms with van der Waals surface area (Å²) in [4.78, 5) is 10.2. The average Bonchev–Trinajstić information content (AvgIpc) is 3.23. The second-order valence-corrected chi connectivity index (χ2v) is 7.76. The van der Waals surface area contributed by atoms with Gasteiger partial charge >= 0.3 is 0 Å². The summed E-state index contributed by atoms with van der Waals surface area (Å²) in [5, 5.41) is 0. The van der Waals surface area contributed by atoms with Crippen LogP contribution in [0.25, 0.3) is 21.5 Å². The molecule has 1 fully saturated rings. The van der Waals surface area contributed by atoms with E-state index in [2.05, 4.69) is 17.1 Å². The molecule has 146 valence electrons. The van der Waals surface area contributed by atoms with Crippen molar-refractivity contribution < 1.29 is 13.9 Å². The molecule has 1 saturated heterocycles. The summed E-state index contributed by atoms with van der Waals surface area (Å²) >= 11 is 1.46. The summed E-state index contributed by atoms with van der Waals surface area (Å²) in [7, 11) is 0. The maximum atomic E-state index is 14.9. The van der Waals surface area contributed by atoms with Crippen molar-refractivity contribution in [3.8, 4) is 11.1 Å². The molecule has 4 nitrogen and oxygen atoms in total. The topological polar surface area (TPSA) is 44.2 Å². The Bertz CT molecular complexity index is 1140. The summed E-state index contributed by atoms with van der Waals surface area (Å²) in [5.41, 5.74) is 6.38. The SMILES string of the molecule is Fc1ccccc1-c1c(C2OCCCO2)c(Cc2ccccc2)nc2scnc12. The molecule has 0 spiro atoms. The van der Waals surface area contributed by atoms with Crippen molar-refractivity contribution in [3.63, 3.8) is 0 Å². The molecule has 4 aromatic rings. The summed E-state index contributed by atoms with van der Waals surface area (Å²) in [6.07, 6.45) is 0.858. The minimum absolute atomic E-state index is 0.296. The molecule has 0 N–H and O–H groups in total. The Morgan fingerprint density at radius 3 is 2.55 bits per heavy atom. The highest BCUT2D eigenvalue weighted by Gasteiger charge is 2.29. The lowest BCUT2D eigenvalue weighted by atomic mass is 9.94. The van der Waals surface area contributed by atoms with Gasteiger partial charge in [-0.05, 0) is 18.1 Å². The lowest BCUT2D eigenvalue weighted by Gasteiger charge is -2.27. The standard InChI is InChI=1S/C23H19FN2O2S/c24-17-10-5-4-9-16(17)19-20(23-27-11-6-12-28-23)18(13-15-7-2-1-3-8-15)26-22-21(19)25-14-29-22/h1-5,7-10,14,23H,6,11-13H2. The number of benzene rings is 2. The van der Waals surface area contributed by atoms with E-state index in [0.717, 1.165) is 28.1 Å². The van der Waals surface area contributed by atoms with Crippen LogP contribution < -0.4 is 0 Å². The first-order chi connectivity index (χ1) is 14.3. The molecular weight excluding hydrogens is 387 g/mol. The molecule has 5 rings (SSSR count). The van der Waals surface area contributed by atoms with Crippen molar-refractivity contribution in [2.45, 2.75) is 19.1 Å². The molecule has 3 heterocycles. The van der Waals surface area contributed by atoms with Gasteiger partial charge in [0, 0.05) is 23.1 Å². The first-order valence-electron chi connectivity index (χ1n) is 9.59. The van der Waals surface area contributed by atoms with Gasteiger partial charge in [0.15, 0.2) is 6.29 Å². The third kappa shape index (κ3) is 3.55. The molecule has 1 aliphatic rings. The number of hydrogen-bond acceptors (Lipinski definition) is 5. The van der Waals surface area contributed by atoms with Gasteiger partial charge in [0.1, 0.15) is 16.2 Å². The maximum absolute atomic E-state index is 14.9. The van der Waals surface area contributed by atoms with Crippen molar-refractivity contribution in [2.75, 3.05) is 13.2 Å². The van der Waals surface area contributed by atoms with E-state index >= 15 is 0 Å². The minimum atomic E-state index is -0.587. The Morgan fingerprint density at radius 1 is 1.00 bits per heavy atom.